The van der Waals surface area contributed by atoms with E-state index >= 15 is 0 Å². The molecule has 86 valence electrons. The quantitative estimate of drug-likeness (QED) is 0.690. The van der Waals surface area contributed by atoms with E-state index in [0.29, 0.717) is 0 Å². The molecule has 0 aromatic rings. The molecule has 0 aliphatic carbocycles. The summed E-state index contributed by atoms with van der Waals surface area (Å²) < 4.78 is 0. The highest BCUT2D eigenvalue weighted by atomic mass is 32.2. The Bertz CT molecular complexity index is 241. The summed E-state index contributed by atoms with van der Waals surface area (Å²) in [6.45, 7) is 4.66. The summed E-state index contributed by atoms with van der Waals surface area (Å²) in [5.41, 5.74) is 1.35. The summed E-state index contributed by atoms with van der Waals surface area (Å²) in [4.78, 5) is 11.6. The van der Waals surface area contributed by atoms with Crippen LogP contribution in [-0.2, 0) is 4.79 Å². The predicted octanol–water partition coefficient (Wildman–Crippen LogP) is 1.02. The Morgan fingerprint density at radius 3 is 3.13 bits per heavy atom. The van der Waals surface area contributed by atoms with E-state index in [4.69, 9.17) is 0 Å². The number of hydrogen-bond acceptors (Lipinski definition) is 3. The molecule has 0 radical (unpaired) electrons. The first-order valence-corrected chi connectivity index (χ1v) is 6.78. The molecule has 0 saturated carbocycles. The van der Waals surface area contributed by atoms with Crippen LogP contribution in [0.25, 0.3) is 0 Å². The molecule has 0 fully saturated rings. The topological polar surface area (TPSA) is 41.1 Å². The lowest BCUT2D eigenvalue weighted by molar-refractivity contribution is -0.123. The van der Waals surface area contributed by atoms with Crippen molar-refractivity contribution in [2.75, 3.05) is 31.6 Å². The number of carbonyl (C=O) groups excluding carboxylic acids is 1. The van der Waals surface area contributed by atoms with Gasteiger partial charge in [0, 0.05) is 24.8 Å². The molecule has 2 N–H and O–H groups in total. The zero-order chi connectivity index (χ0) is 11.1. The average Bonchev–Trinajstić information content (AvgIpc) is 2.27. The van der Waals surface area contributed by atoms with Gasteiger partial charge in [0.1, 0.15) is 0 Å². The van der Waals surface area contributed by atoms with E-state index in [9.17, 15) is 4.79 Å². The molecule has 4 heteroatoms. The second kappa shape index (κ2) is 6.90. The fourth-order valence-corrected chi connectivity index (χ4v) is 2.18. The van der Waals surface area contributed by atoms with Crippen LogP contribution >= 0.6 is 11.8 Å². The van der Waals surface area contributed by atoms with Gasteiger partial charge < -0.3 is 10.6 Å². The van der Waals surface area contributed by atoms with Crippen molar-refractivity contribution in [3.8, 4) is 0 Å². The van der Waals surface area contributed by atoms with E-state index in [2.05, 4.69) is 16.7 Å². The third-order valence-corrected chi connectivity index (χ3v) is 3.35. The van der Waals surface area contributed by atoms with E-state index in [-0.39, 0.29) is 11.8 Å². The van der Waals surface area contributed by atoms with Crippen molar-refractivity contribution in [2.45, 2.75) is 13.3 Å². The van der Waals surface area contributed by atoms with Crippen molar-refractivity contribution < 1.29 is 4.79 Å². The molecule has 0 bridgehead atoms. The number of carbonyl (C=O) groups is 1. The zero-order valence-electron chi connectivity index (χ0n) is 9.51. The van der Waals surface area contributed by atoms with E-state index in [1.807, 2.05) is 13.2 Å². The van der Waals surface area contributed by atoms with Gasteiger partial charge in [-0.3, -0.25) is 4.79 Å². The van der Waals surface area contributed by atoms with Gasteiger partial charge in [0.05, 0.1) is 0 Å². The minimum absolute atomic E-state index is 0.113. The number of nitrogens with one attached hydrogen (secondary N) is 2. The Balaban J connectivity index is 2.23. The van der Waals surface area contributed by atoms with Crippen molar-refractivity contribution >= 4 is 17.7 Å². The average molecular weight is 228 g/mol. The molecule has 3 nitrogen and oxygen atoms in total. The summed E-state index contributed by atoms with van der Waals surface area (Å²) in [6, 6.07) is 0. The molecule has 1 aliphatic heterocycles. The van der Waals surface area contributed by atoms with Gasteiger partial charge in [-0.05, 0) is 19.2 Å². The monoisotopic (exact) mass is 228 g/mol. The van der Waals surface area contributed by atoms with Crippen LogP contribution in [0.3, 0.4) is 0 Å². The molecule has 0 aromatic heterocycles. The first kappa shape index (κ1) is 12.6. The third-order valence-electron chi connectivity index (χ3n) is 2.51. The molecule has 1 unspecified atom stereocenters. The summed E-state index contributed by atoms with van der Waals surface area (Å²) in [6.07, 6.45) is 5.25. The highest BCUT2D eigenvalue weighted by Crippen LogP contribution is 2.06. The second-order valence-corrected chi connectivity index (χ2v) is 4.80. The standard InChI is InChI=1S/C11H20N2OS/c1-9(8-15-2)11(14)13-7-10-3-5-12-6-4-10/h3,9,12H,4-8H2,1-2H3,(H,13,14). The van der Waals surface area contributed by atoms with Crippen LogP contribution in [0, 0.1) is 5.92 Å². The SMILES string of the molecule is CSCC(C)C(=O)NCC1=CCNCC1. The molecule has 1 heterocycles. The van der Waals surface area contributed by atoms with Crippen LogP contribution in [0.4, 0.5) is 0 Å². The summed E-state index contributed by atoms with van der Waals surface area (Å²) in [5, 5.41) is 6.24. The number of amides is 1. The molecule has 0 saturated heterocycles. The Kier molecular flexibility index (Phi) is 5.79. The Morgan fingerprint density at radius 2 is 2.53 bits per heavy atom. The van der Waals surface area contributed by atoms with Gasteiger partial charge in [-0.1, -0.05) is 18.6 Å². The Morgan fingerprint density at radius 1 is 1.73 bits per heavy atom. The molecule has 1 rings (SSSR count). The molecule has 1 aliphatic rings. The van der Waals surface area contributed by atoms with Crippen LogP contribution in [0.2, 0.25) is 0 Å². The van der Waals surface area contributed by atoms with Gasteiger partial charge in [-0.25, -0.2) is 0 Å². The van der Waals surface area contributed by atoms with Gasteiger partial charge >= 0.3 is 0 Å². The Labute approximate surface area is 96.1 Å². The highest BCUT2D eigenvalue weighted by molar-refractivity contribution is 7.98. The fourth-order valence-electron chi connectivity index (χ4n) is 1.53. The molecular formula is C11H20N2OS. The van der Waals surface area contributed by atoms with E-state index < -0.39 is 0 Å². The van der Waals surface area contributed by atoms with Crippen molar-refractivity contribution in [1.29, 1.82) is 0 Å². The predicted molar refractivity (Wildman–Crippen MR) is 66.1 cm³/mol. The summed E-state index contributed by atoms with van der Waals surface area (Å²) in [7, 11) is 0. The van der Waals surface area contributed by atoms with Gasteiger partial charge in [0.15, 0.2) is 0 Å². The molecule has 0 aromatic carbocycles. The lowest BCUT2D eigenvalue weighted by atomic mass is 10.1. The fraction of sp³-hybridized carbons (Fsp3) is 0.727. The summed E-state index contributed by atoms with van der Waals surface area (Å²) in [5.74, 6) is 1.18. The molecular weight excluding hydrogens is 208 g/mol. The number of thioether (sulfide) groups is 1. The minimum atomic E-state index is 0.113. The van der Waals surface area contributed by atoms with Crippen molar-refractivity contribution in [3.05, 3.63) is 11.6 Å². The largest absolute Gasteiger partial charge is 0.352 e. The maximum Gasteiger partial charge on any atom is 0.223 e. The first-order valence-electron chi connectivity index (χ1n) is 5.39. The van der Waals surface area contributed by atoms with Crippen molar-refractivity contribution in [1.82, 2.24) is 10.6 Å². The first-order chi connectivity index (χ1) is 7.24. The van der Waals surface area contributed by atoms with E-state index in [1.54, 1.807) is 11.8 Å². The van der Waals surface area contributed by atoms with Crippen LogP contribution in [0.1, 0.15) is 13.3 Å². The summed E-state index contributed by atoms with van der Waals surface area (Å²) >= 11 is 1.71. The molecule has 1 amide bonds. The third kappa shape index (κ3) is 4.71. The lowest BCUT2D eigenvalue weighted by Crippen LogP contribution is -2.33. The molecule has 1 atom stereocenters. The van der Waals surface area contributed by atoms with Crippen LogP contribution in [0.5, 0.6) is 0 Å². The van der Waals surface area contributed by atoms with Crippen LogP contribution < -0.4 is 10.6 Å². The maximum absolute atomic E-state index is 11.6. The second-order valence-electron chi connectivity index (χ2n) is 3.89. The van der Waals surface area contributed by atoms with Crippen molar-refractivity contribution in [3.63, 3.8) is 0 Å². The van der Waals surface area contributed by atoms with Crippen LogP contribution in [-0.4, -0.2) is 37.6 Å². The molecule has 0 spiro atoms. The normalized spacial score (nSPS) is 18.1. The smallest absolute Gasteiger partial charge is 0.223 e. The maximum atomic E-state index is 11.6. The van der Waals surface area contributed by atoms with Crippen molar-refractivity contribution in [2.24, 2.45) is 5.92 Å². The van der Waals surface area contributed by atoms with E-state index in [0.717, 1.165) is 31.8 Å². The number of rotatable bonds is 5. The lowest BCUT2D eigenvalue weighted by Gasteiger charge is -2.16. The molecule has 15 heavy (non-hydrogen) atoms. The van der Waals surface area contributed by atoms with Gasteiger partial charge in [0.2, 0.25) is 5.91 Å². The van der Waals surface area contributed by atoms with Gasteiger partial charge in [-0.15, -0.1) is 0 Å². The van der Waals surface area contributed by atoms with Gasteiger partial charge in [-0.2, -0.15) is 11.8 Å². The van der Waals surface area contributed by atoms with Crippen LogP contribution in [0.15, 0.2) is 11.6 Å². The highest BCUT2D eigenvalue weighted by Gasteiger charge is 2.12. The van der Waals surface area contributed by atoms with Gasteiger partial charge in [0.25, 0.3) is 0 Å². The number of hydrogen-bond donors (Lipinski definition) is 2. The zero-order valence-corrected chi connectivity index (χ0v) is 10.3. The minimum Gasteiger partial charge on any atom is -0.352 e. The van der Waals surface area contributed by atoms with E-state index in [1.165, 1.54) is 5.57 Å². The Hall–Kier alpha value is -0.480.